The standard InChI is InChI=1S/C13H18N4S/c1-16-7-10(6-15-16)13-3-2-12(18-13)9-17-5-4-11(14)8-17/h2-3,6-7,11H,4-5,8-9,14H2,1H3/t11-/m1/s1. The van der Waals surface area contributed by atoms with E-state index in [-0.39, 0.29) is 0 Å². The molecule has 1 saturated heterocycles. The normalized spacial score (nSPS) is 20.7. The molecule has 4 nitrogen and oxygen atoms in total. The first-order chi connectivity index (χ1) is 8.70. The van der Waals surface area contributed by atoms with Crippen molar-refractivity contribution in [3.63, 3.8) is 0 Å². The lowest BCUT2D eigenvalue weighted by molar-refractivity contribution is 0.330. The van der Waals surface area contributed by atoms with Crippen LogP contribution >= 0.6 is 11.3 Å². The summed E-state index contributed by atoms with van der Waals surface area (Å²) in [5, 5.41) is 4.21. The fraction of sp³-hybridized carbons (Fsp3) is 0.462. The first kappa shape index (κ1) is 11.9. The summed E-state index contributed by atoms with van der Waals surface area (Å²) >= 11 is 1.85. The van der Waals surface area contributed by atoms with E-state index in [9.17, 15) is 0 Å². The maximum Gasteiger partial charge on any atom is 0.0576 e. The third-order valence-electron chi connectivity index (χ3n) is 3.34. The van der Waals surface area contributed by atoms with Crippen molar-refractivity contribution in [2.45, 2.75) is 19.0 Å². The van der Waals surface area contributed by atoms with Crippen molar-refractivity contribution in [1.82, 2.24) is 14.7 Å². The van der Waals surface area contributed by atoms with Gasteiger partial charge in [0.05, 0.1) is 6.20 Å². The van der Waals surface area contributed by atoms with E-state index in [0.717, 1.165) is 26.1 Å². The number of nitrogens with zero attached hydrogens (tertiary/aromatic N) is 3. The van der Waals surface area contributed by atoms with E-state index < -0.39 is 0 Å². The molecule has 1 atom stereocenters. The lowest BCUT2D eigenvalue weighted by Gasteiger charge is -2.13. The molecule has 0 aromatic carbocycles. The van der Waals surface area contributed by atoms with Crippen molar-refractivity contribution >= 4 is 11.3 Å². The molecule has 3 rings (SSSR count). The van der Waals surface area contributed by atoms with Gasteiger partial charge >= 0.3 is 0 Å². The molecular weight excluding hydrogens is 244 g/mol. The molecule has 0 unspecified atom stereocenters. The number of aryl methyl sites for hydroxylation is 1. The molecule has 1 aliphatic rings. The number of rotatable bonds is 3. The largest absolute Gasteiger partial charge is 0.326 e. The summed E-state index contributed by atoms with van der Waals surface area (Å²) in [6.07, 6.45) is 5.10. The third-order valence-corrected chi connectivity index (χ3v) is 4.46. The minimum absolute atomic E-state index is 0.364. The Morgan fingerprint density at radius 1 is 1.50 bits per heavy atom. The maximum atomic E-state index is 5.93. The molecule has 96 valence electrons. The molecule has 0 aliphatic carbocycles. The first-order valence-electron chi connectivity index (χ1n) is 6.26. The average Bonchev–Trinajstić information content (AvgIpc) is 3.01. The maximum absolute atomic E-state index is 5.93. The molecule has 18 heavy (non-hydrogen) atoms. The van der Waals surface area contributed by atoms with Gasteiger partial charge in [0.1, 0.15) is 0 Å². The second-order valence-electron chi connectivity index (χ2n) is 4.95. The number of nitrogens with two attached hydrogens (primary N) is 1. The Labute approximate surface area is 111 Å². The monoisotopic (exact) mass is 262 g/mol. The zero-order valence-electron chi connectivity index (χ0n) is 10.5. The molecule has 0 saturated carbocycles. The molecule has 3 heterocycles. The van der Waals surface area contributed by atoms with Crippen LogP contribution in [0.3, 0.4) is 0 Å². The molecule has 1 fully saturated rings. The minimum atomic E-state index is 0.364. The fourth-order valence-electron chi connectivity index (χ4n) is 2.39. The van der Waals surface area contributed by atoms with Gasteiger partial charge in [-0.2, -0.15) is 5.10 Å². The summed E-state index contributed by atoms with van der Waals surface area (Å²) in [6, 6.07) is 4.77. The number of likely N-dealkylation sites (tertiary alicyclic amines) is 1. The van der Waals surface area contributed by atoms with Crippen LogP contribution in [-0.4, -0.2) is 33.8 Å². The summed E-state index contributed by atoms with van der Waals surface area (Å²) in [6.45, 7) is 3.18. The third kappa shape index (κ3) is 2.48. The van der Waals surface area contributed by atoms with Gasteiger partial charge in [0, 0.05) is 54.2 Å². The molecule has 0 amide bonds. The SMILES string of the molecule is Cn1cc(-c2ccc(CN3CC[C@@H](N)C3)s2)cn1. The van der Waals surface area contributed by atoms with Crippen LogP contribution in [0, 0.1) is 0 Å². The van der Waals surface area contributed by atoms with Gasteiger partial charge < -0.3 is 5.73 Å². The molecule has 0 radical (unpaired) electrons. The van der Waals surface area contributed by atoms with E-state index in [0.29, 0.717) is 6.04 Å². The van der Waals surface area contributed by atoms with Crippen LogP contribution in [0.2, 0.25) is 0 Å². The summed E-state index contributed by atoms with van der Waals surface area (Å²) in [5.74, 6) is 0. The quantitative estimate of drug-likeness (QED) is 0.915. The summed E-state index contributed by atoms with van der Waals surface area (Å²) in [5.41, 5.74) is 7.13. The van der Waals surface area contributed by atoms with E-state index in [1.54, 1.807) is 0 Å². The number of hydrogen-bond donors (Lipinski definition) is 1. The molecular formula is C13H18N4S. The summed E-state index contributed by atoms with van der Waals surface area (Å²) in [4.78, 5) is 5.13. The van der Waals surface area contributed by atoms with Crippen molar-refractivity contribution in [3.05, 3.63) is 29.4 Å². The van der Waals surface area contributed by atoms with Crippen molar-refractivity contribution in [2.75, 3.05) is 13.1 Å². The van der Waals surface area contributed by atoms with E-state index >= 15 is 0 Å². The van der Waals surface area contributed by atoms with Gasteiger partial charge in [-0.25, -0.2) is 0 Å². The van der Waals surface area contributed by atoms with Gasteiger partial charge in [-0.1, -0.05) is 0 Å². The highest BCUT2D eigenvalue weighted by Gasteiger charge is 2.19. The lowest BCUT2D eigenvalue weighted by Crippen LogP contribution is -2.25. The molecule has 5 heteroatoms. The number of thiophene rings is 1. The minimum Gasteiger partial charge on any atom is -0.326 e. The Balaban J connectivity index is 1.70. The van der Waals surface area contributed by atoms with Gasteiger partial charge in [0.15, 0.2) is 0 Å². The molecule has 2 N–H and O–H groups in total. The summed E-state index contributed by atoms with van der Waals surface area (Å²) in [7, 11) is 1.95. The van der Waals surface area contributed by atoms with Crippen molar-refractivity contribution < 1.29 is 0 Å². The predicted molar refractivity (Wildman–Crippen MR) is 74.4 cm³/mol. The number of aromatic nitrogens is 2. The lowest BCUT2D eigenvalue weighted by atomic mass is 10.3. The Kier molecular flexibility index (Phi) is 3.20. The van der Waals surface area contributed by atoms with Crippen LogP contribution < -0.4 is 5.73 Å². The molecule has 2 aromatic heterocycles. The van der Waals surface area contributed by atoms with E-state index in [4.69, 9.17) is 5.73 Å². The van der Waals surface area contributed by atoms with Crippen molar-refractivity contribution in [1.29, 1.82) is 0 Å². The van der Waals surface area contributed by atoms with Crippen LogP contribution in [-0.2, 0) is 13.6 Å². The Hall–Kier alpha value is -1.17. The van der Waals surface area contributed by atoms with Gasteiger partial charge in [-0.05, 0) is 18.6 Å². The average molecular weight is 262 g/mol. The smallest absolute Gasteiger partial charge is 0.0576 e. The fourth-order valence-corrected chi connectivity index (χ4v) is 3.42. The second kappa shape index (κ2) is 4.84. The molecule has 0 spiro atoms. The molecule has 0 bridgehead atoms. The van der Waals surface area contributed by atoms with Crippen LogP contribution in [0.1, 0.15) is 11.3 Å². The van der Waals surface area contributed by atoms with Gasteiger partial charge in [0.2, 0.25) is 0 Å². The van der Waals surface area contributed by atoms with Crippen LogP contribution in [0.15, 0.2) is 24.5 Å². The highest BCUT2D eigenvalue weighted by Crippen LogP contribution is 2.28. The summed E-state index contributed by atoms with van der Waals surface area (Å²) < 4.78 is 1.84. The topological polar surface area (TPSA) is 47.1 Å². The second-order valence-corrected chi connectivity index (χ2v) is 6.12. The van der Waals surface area contributed by atoms with Crippen LogP contribution in [0.25, 0.3) is 10.4 Å². The highest BCUT2D eigenvalue weighted by atomic mass is 32.1. The van der Waals surface area contributed by atoms with E-state index in [2.05, 4.69) is 28.3 Å². The Morgan fingerprint density at radius 2 is 2.39 bits per heavy atom. The van der Waals surface area contributed by atoms with E-state index in [1.807, 2.05) is 29.3 Å². The molecule has 2 aromatic rings. The van der Waals surface area contributed by atoms with Gasteiger partial charge in [-0.15, -0.1) is 11.3 Å². The van der Waals surface area contributed by atoms with Gasteiger partial charge in [-0.3, -0.25) is 9.58 Å². The zero-order valence-corrected chi connectivity index (χ0v) is 11.4. The molecule has 1 aliphatic heterocycles. The van der Waals surface area contributed by atoms with E-state index in [1.165, 1.54) is 15.3 Å². The van der Waals surface area contributed by atoms with Crippen molar-refractivity contribution in [2.24, 2.45) is 12.8 Å². The van der Waals surface area contributed by atoms with Crippen LogP contribution in [0.4, 0.5) is 0 Å². The van der Waals surface area contributed by atoms with Gasteiger partial charge in [0.25, 0.3) is 0 Å². The zero-order chi connectivity index (χ0) is 12.5. The highest BCUT2D eigenvalue weighted by molar-refractivity contribution is 7.15. The number of hydrogen-bond acceptors (Lipinski definition) is 4. The Bertz CT molecular complexity index is 531. The first-order valence-corrected chi connectivity index (χ1v) is 7.08. The predicted octanol–water partition coefficient (Wildman–Crippen LogP) is 1.68. The Morgan fingerprint density at radius 3 is 3.06 bits per heavy atom. The van der Waals surface area contributed by atoms with Crippen molar-refractivity contribution in [3.8, 4) is 10.4 Å². The van der Waals surface area contributed by atoms with Crippen LogP contribution in [0.5, 0.6) is 0 Å².